The molecule has 0 spiro atoms. The summed E-state index contributed by atoms with van der Waals surface area (Å²) >= 11 is 5.84. The van der Waals surface area contributed by atoms with Crippen molar-refractivity contribution in [2.24, 2.45) is 5.10 Å². The van der Waals surface area contributed by atoms with E-state index in [1.165, 1.54) is 10.8 Å². The number of para-hydroxylation sites is 1. The number of nitrogens with one attached hydrogen (secondary N) is 1. The maximum atomic E-state index is 12.4. The zero-order chi connectivity index (χ0) is 23.5. The maximum Gasteiger partial charge on any atom is 0.307 e. The maximum absolute atomic E-state index is 12.4. The minimum absolute atomic E-state index is 0.214. The van der Waals surface area contributed by atoms with Crippen molar-refractivity contribution < 1.29 is 13.9 Å². The second-order valence-corrected chi connectivity index (χ2v) is 9.60. The van der Waals surface area contributed by atoms with Gasteiger partial charge in [0, 0.05) is 5.39 Å². The fourth-order valence-corrected chi connectivity index (χ4v) is 5.44. The van der Waals surface area contributed by atoms with E-state index < -0.39 is 5.91 Å². The molecule has 4 aromatic carbocycles. The highest BCUT2D eigenvalue weighted by molar-refractivity contribution is 14.1. The van der Waals surface area contributed by atoms with Gasteiger partial charge in [0.2, 0.25) is 0 Å². The first kappa shape index (κ1) is 22.6. The monoisotopic (exact) mass is 624 g/mol. The lowest BCUT2D eigenvalue weighted by Gasteiger charge is -2.13. The largest absolute Gasteiger partial charge is 0.487 e. The lowest BCUT2D eigenvalue weighted by Crippen LogP contribution is -2.16. The molecule has 5 aromatic rings. The summed E-state index contributed by atoms with van der Waals surface area (Å²) in [6.07, 6.45) is 1.59. The van der Waals surface area contributed by atoms with Gasteiger partial charge in [0.1, 0.15) is 17.9 Å². The molecule has 0 saturated heterocycles. The number of amides is 1. The second kappa shape index (κ2) is 9.99. The van der Waals surface area contributed by atoms with Crippen LogP contribution in [-0.4, -0.2) is 12.1 Å². The van der Waals surface area contributed by atoms with Crippen LogP contribution >= 0.6 is 38.5 Å². The molecular weight excluding hydrogens is 607 g/mol. The highest BCUT2D eigenvalue weighted by atomic mass is 127. The summed E-state index contributed by atoms with van der Waals surface area (Å²) in [7, 11) is 0. The molecule has 1 N–H and O–H groups in total. The average Bonchev–Trinajstić information content (AvgIpc) is 3.28. The highest BCUT2D eigenvalue weighted by Gasteiger charge is 2.12. The summed E-state index contributed by atoms with van der Waals surface area (Å²) in [5.41, 5.74) is 5.12. The molecule has 1 heterocycles. The number of halogens is 2. The van der Waals surface area contributed by atoms with Gasteiger partial charge in [-0.1, -0.05) is 60.7 Å². The number of ether oxygens (including phenoxy) is 1. The smallest absolute Gasteiger partial charge is 0.307 e. The number of carbonyl (C=O) groups is 1. The van der Waals surface area contributed by atoms with E-state index in [1.807, 2.05) is 54.6 Å². The summed E-state index contributed by atoms with van der Waals surface area (Å²) in [4.78, 5) is 12.4. The molecule has 0 aliphatic rings. The second-order valence-electron chi connectivity index (χ2n) is 7.59. The number of hydrogen-bond donors (Lipinski definition) is 1. The van der Waals surface area contributed by atoms with Crippen LogP contribution < -0.4 is 10.2 Å². The molecule has 0 fully saturated rings. The third-order valence-corrected chi connectivity index (χ3v) is 6.69. The molecule has 0 unspecified atom stereocenters. The van der Waals surface area contributed by atoms with Crippen molar-refractivity contribution in [2.45, 2.75) is 6.61 Å². The van der Waals surface area contributed by atoms with Crippen molar-refractivity contribution >= 4 is 72.4 Å². The van der Waals surface area contributed by atoms with Crippen molar-refractivity contribution in [3.63, 3.8) is 0 Å². The van der Waals surface area contributed by atoms with Gasteiger partial charge in [-0.2, -0.15) is 5.10 Å². The van der Waals surface area contributed by atoms with Crippen LogP contribution in [0.15, 0.2) is 98.9 Å². The van der Waals surface area contributed by atoms with Crippen molar-refractivity contribution in [3.05, 3.63) is 110 Å². The minimum atomic E-state index is -0.406. The molecule has 0 saturated carbocycles. The Morgan fingerprint density at radius 2 is 1.76 bits per heavy atom. The average molecular weight is 625 g/mol. The Kier molecular flexibility index (Phi) is 6.64. The van der Waals surface area contributed by atoms with Crippen LogP contribution in [-0.2, 0) is 6.61 Å². The van der Waals surface area contributed by atoms with Crippen LogP contribution in [0.3, 0.4) is 0 Å². The normalized spacial score (nSPS) is 11.4. The Labute approximate surface area is 218 Å². The quantitative estimate of drug-likeness (QED) is 0.123. The van der Waals surface area contributed by atoms with Crippen molar-refractivity contribution in [2.75, 3.05) is 0 Å². The van der Waals surface area contributed by atoms with E-state index in [0.717, 1.165) is 30.3 Å². The van der Waals surface area contributed by atoms with Gasteiger partial charge in [0.15, 0.2) is 5.76 Å². The first-order chi connectivity index (χ1) is 16.6. The highest BCUT2D eigenvalue weighted by Crippen LogP contribution is 2.33. The van der Waals surface area contributed by atoms with E-state index in [9.17, 15) is 4.79 Å². The minimum Gasteiger partial charge on any atom is -0.487 e. The third kappa shape index (κ3) is 4.85. The topological polar surface area (TPSA) is 63.8 Å². The number of hydrazone groups is 1. The number of carbonyl (C=O) groups excluding carboxylic acids is 1. The molecule has 168 valence electrons. The van der Waals surface area contributed by atoms with Crippen LogP contribution in [0.1, 0.15) is 21.7 Å². The van der Waals surface area contributed by atoms with Gasteiger partial charge < -0.3 is 9.15 Å². The Morgan fingerprint density at radius 1 is 1.00 bits per heavy atom. The van der Waals surface area contributed by atoms with Crippen molar-refractivity contribution in [3.8, 4) is 5.75 Å². The fraction of sp³-hybridized carbons (Fsp3) is 0.0370. The SMILES string of the molecule is O=C(N/N=C/c1cc(Br)c(OCc2cccc3ccccc23)c(I)c1)c1cc2ccccc2o1. The Balaban J connectivity index is 1.27. The van der Waals surface area contributed by atoms with E-state index in [0.29, 0.717) is 12.2 Å². The molecular formula is C27H18BrIN2O3. The summed E-state index contributed by atoms with van der Waals surface area (Å²) in [6.45, 7) is 0.455. The summed E-state index contributed by atoms with van der Waals surface area (Å²) in [5.74, 6) is 0.569. The summed E-state index contributed by atoms with van der Waals surface area (Å²) in [5, 5.41) is 7.32. The lowest BCUT2D eigenvalue weighted by atomic mass is 10.1. The summed E-state index contributed by atoms with van der Waals surface area (Å²) in [6, 6.07) is 27.5. The third-order valence-electron chi connectivity index (χ3n) is 5.30. The van der Waals surface area contributed by atoms with Crippen LogP contribution in [0.2, 0.25) is 0 Å². The number of hydrogen-bond acceptors (Lipinski definition) is 4. The van der Waals surface area contributed by atoms with Crippen LogP contribution in [0, 0.1) is 3.57 Å². The molecule has 34 heavy (non-hydrogen) atoms. The van der Waals surface area contributed by atoms with E-state index in [1.54, 1.807) is 12.3 Å². The van der Waals surface area contributed by atoms with E-state index in [2.05, 4.69) is 73.3 Å². The van der Waals surface area contributed by atoms with Crippen molar-refractivity contribution in [1.29, 1.82) is 0 Å². The van der Waals surface area contributed by atoms with Crippen LogP contribution in [0.4, 0.5) is 0 Å². The van der Waals surface area contributed by atoms with Gasteiger partial charge in [-0.25, -0.2) is 5.43 Å². The van der Waals surface area contributed by atoms with Crippen molar-refractivity contribution in [1.82, 2.24) is 5.43 Å². The predicted octanol–water partition coefficient (Wildman–Crippen LogP) is 7.30. The molecule has 5 nitrogen and oxygen atoms in total. The molecule has 0 radical (unpaired) electrons. The van der Waals surface area contributed by atoms with Crippen LogP contribution in [0.25, 0.3) is 21.7 Å². The first-order valence-corrected chi connectivity index (χ1v) is 12.4. The number of rotatable bonds is 6. The fourth-order valence-electron chi connectivity index (χ4n) is 3.67. The number of fused-ring (bicyclic) bond motifs is 2. The van der Waals surface area contributed by atoms with E-state index >= 15 is 0 Å². The molecule has 0 bridgehead atoms. The molecule has 1 amide bonds. The predicted molar refractivity (Wildman–Crippen MR) is 146 cm³/mol. The molecule has 5 rings (SSSR count). The lowest BCUT2D eigenvalue weighted by molar-refractivity contribution is 0.0929. The van der Waals surface area contributed by atoms with Gasteiger partial charge in [-0.05, 0) is 84.7 Å². The zero-order valence-corrected chi connectivity index (χ0v) is 21.5. The van der Waals surface area contributed by atoms with Gasteiger partial charge in [-0.3, -0.25) is 4.79 Å². The zero-order valence-electron chi connectivity index (χ0n) is 17.8. The van der Waals surface area contributed by atoms with Gasteiger partial charge in [-0.15, -0.1) is 0 Å². The number of nitrogens with zero attached hydrogens (tertiary/aromatic N) is 1. The summed E-state index contributed by atoms with van der Waals surface area (Å²) < 4.78 is 13.5. The molecule has 0 atom stereocenters. The molecule has 0 aliphatic heterocycles. The van der Waals surface area contributed by atoms with E-state index in [4.69, 9.17) is 9.15 Å². The van der Waals surface area contributed by atoms with Gasteiger partial charge in [0.25, 0.3) is 0 Å². The molecule has 7 heteroatoms. The molecule has 1 aromatic heterocycles. The van der Waals surface area contributed by atoms with Gasteiger partial charge >= 0.3 is 5.91 Å². The van der Waals surface area contributed by atoms with Gasteiger partial charge in [0.05, 0.1) is 14.3 Å². The Morgan fingerprint density at radius 3 is 2.59 bits per heavy atom. The molecule has 0 aliphatic carbocycles. The number of benzene rings is 4. The Hall–Kier alpha value is -3.17. The standard InChI is InChI=1S/C27H18BrIN2O3/c28-22-12-17(15-30-31-27(32)25-14-19-7-2-4-11-24(19)34-25)13-23(29)26(22)33-16-20-9-5-8-18-6-1-3-10-21(18)20/h1-15H,16H2,(H,31,32)/b30-15+. The van der Waals surface area contributed by atoms with E-state index in [-0.39, 0.29) is 5.76 Å². The Bertz CT molecular complexity index is 1480. The number of furan rings is 1. The van der Waals surface area contributed by atoms with Crippen LogP contribution in [0.5, 0.6) is 5.75 Å². The first-order valence-electron chi connectivity index (χ1n) is 10.5.